The monoisotopic (exact) mass is 513 g/mol. The van der Waals surface area contributed by atoms with Gasteiger partial charge in [0.1, 0.15) is 12.3 Å². The van der Waals surface area contributed by atoms with E-state index in [1.807, 2.05) is 25.1 Å². The van der Waals surface area contributed by atoms with Crippen LogP contribution in [-0.4, -0.2) is 58.1 Å². The van der Waals surface area contributed by atoms with Crippen LogP contribution in [0.25, 0.3) is 22.4 Å². The van der Waals surface area contributed by atoms with E-state index in [4.69, 9.17) is 9.15 Å². The van der Waals surface area contributed by atoms with Crippen LogP contribution in [0.5, 0.6) is 5.75 Å². The first-order valence-corrected chi connectivity index (χ1v) is 11.8. The van der Waals surface area contributed by atoms with Gasteiger partial charge in [0.05, 0.1) is 41.8 Å². The number of carbonyl (C=O) groups excluding carboxylic acids is 1. The van der Waals surface area contributed by atoms with Crippen molar-refractivity contribution in [2.45, 2.75) is 32.6 Å². The van der Waals surface area contributed by atoms with Gasteiger partial charge >= 0.3 is 6.18 Å². The van der Waals surface area contributed by atoms with Crippen molar-refractivity contribution in [1.29, 1.82) is 0 Å². The molecule has 194 valence electrons. The van der Waals surface area contributed by atoms with Gasteiger partial charge in [-0.1, -0.05) is 0 Å². The molecule has 0 spiro atoms. The minimum absolute atomic E-state index is 0.0112. The molecule has 1 aliphatic rings. The molecule has 0 unspecified atom stereocenters. The van der Waals surface area contributed by atoms with Crippen molar-refractivity contribution in [3.63, 3.8) is 0 Å². The number of rotatable bonds is 5. The highest BCUT2D eigenvalue weighted by Crippen LogP contribution is 2.35. The Balaban J connectivity index is 1.29. The smallest absolute Gasteiger partial charge is 0.416 e. The number of fused-ring (bicyclic) bond motifs is 1. The lowest BCUT2D eigenvalue weighted by atomic mass is 10.1. The fourth-order valence-electron chi connectivity index (χ4n) is 4.72. The summed E-state index contributed by atoms with van der Waals surface area (Å²) in [7, 11) is 1.60. The number of anilines is 1. The molecular weight excluding hydrogens is 487 g/mol. The third kappa shape index (κ3) is 4.85. The van der Waals surface area contributed by atoms with Gasteiger partial charge in [-0.15, -0.1) is 0 Å². The number of amides is 1. The molecule has 2 aromatic carbocycles. The van der Waals surface area contributed by atoms with Gasteiger partial charge in [-0.25, -0.2) is 9.97 Å². The van der Waals surface area contributed by atoms with Crippen LogP contribution in [0, 0.1) is 6.92 Å². The zero-order chi connectivity index (χ0) is 26.3. The van der Waals surface area contributed by atoms with Crippen molar-refractivity contribution < 1.29 is 27.1 Å². The lowest BCUT2D eigenvalue weighted by molar-refractivity contribution is -0.137. The van der Waals surface area contributed by atoms with E-state index in [9.17, 15) is 18.0 Å². The lowest BCUT2D eigenvalue weighted by Crippen LogP contribution is -2.54. The molecule has 1 fully saturated rings. The number of methoxy groups -OCH3 is 1. The Morgan fingerprint density at radius 3 is 2.65 bits per heavy atom. The first-order chi connectivity index (χ1) is 17.6. The summed E-state index contributed by atoms with van der Waals surface area (Å²) in [5.41, 5.74) is 1.68. The Morgan fingerprint density at radius 2 is 1.97 bits per heavy atom. The summed E-state index contributed by atoms with van der Waals surface area (Å²) < 4.78 is 52.2. The van der Waals surface area contributed by atoms with E-state index in [-0.39, 0.29) is 24.0 Å². The molecule has 0 radical (unpaired) electrons. The molecule has 0 bridgehead atoms. The third-order valence-electron chi connectivity index (χ3n) is 6.64. The van der Waals surface area contributed by atoms with Crippen LogP contribution >= 0.6 is 0 Å². The van der Waals surface area contributed by atoms with E-state index < -0.39 is 11.7 Å². The van der Waals surface area contributed by atoms with Gasteiger partial charge in [-0.2, -0.15) is 13.2 Å². The number of aryl methyl sites for hydroxylation is 1. The lowest BCUT2D eigenvalue weighted by Gasteiger charge is -2.41. The van der Waals surface area contributed by atoms with Gasteiger partial charge in [-0.3, -0.25) is 4.79 Å². The van der Waals surface area contributed by atoms with E-state index in [0.717, 1.165) is 23.4 Å². The largest absolute Gasteiger partial charge is 0.496 e. The minimum Gasteiger partial charge on any atom is -0.496 e. The van der Waals surface area contributed by atoms with E-state index >= 15 is 0 Å². The Bertz CT molecular complexity index is 1450. The predicted molar refractivity (Wildman–Crippen MR) is 131 cm³/mol. The van der Waals surface area contributed by atoms with E-state index in [1.165, 1.54) is 17.0 Å². The van der Waals surface area contributed by atoms with E-state index in [0.29, 0.717) is 42.6 Å². The number of hydrogen-bond acceptors (Lipinski definition) is 6. The molecule has 2 aromatic heterocycles. The summed E-state index contributed by atoms with van der Waals surface area (Å²) in [4.78, 5) is 25.3. The third-order valence-corrected chi connectivity index (χ3v) is 6.64. The maximum Gasteiger partial charge on any atom is 0.416 e. The molecule has 3 heterocycles. The molecule has 1 amide bonds. The number of ether oxygens (including phenoxy) is 1. The Hall–Kier alpha value is -4.02. The van der Waals surface area contributed by atoms with E-state index in [1.54, 1.807) is 25.1 Å². The Morgan fingerprint density at radius 1 is 1.16 bits per heavy atom. The number of benzene rings is 2. The van der Waals surface area contributed by atoms with Gasteiger partial charge in [0.25, 0.3) is 0 Å². The van der Waals surface area contributed by atoms with Crippen molar-refractivity contribution in [2.24, 2.45) is 0 Å². The van der Waals surface area contributed by atoms with Crippen molar-refractivity contribution in [3.05, 3.63) is 60.4 Å². The zero-order valence-electron chi connectivity index (χ0n) is 20.6. The van der Waals surface area contributed by atoms with Crippen molar-refractivity contribution >= 4 is 22.6 Å². The molecular formula is C26H26F3N5O3. The summed E-state index contributed by atoms with van der Waals surface area (Å²) in [6.07, 6.45) is -1.40. The Kier molecular flexibility index (Phi) is 6.30. The molecule has 5 rings (SSSR count). The molecule has 8 nitrogen and oxygen atoms in total. The van der Waals surface area contributed by atoms with Crippen LogP contribution in [0.1, 0.15) is 18.4 Å². The van der Waals surface area contributed by atoms with Gasteiger partial charge in [0.15, 0.2) is 11.7 Å². The number of imidazole rings is 1. The first-order valence-electron chi connectivity index (χ1n) is 11.8. The molecule has 11 heteroatoms. The van der Waals surface area contributed by atoms with E-state index in [2.05, 4.69) is 14.9 Å². The molecule has 4 aromatic rings. The predicted octanol–water partition coefficient (Wildman–Crippen LogP) is 4.76. The summed E-state index contributed by atoms with van der Waals surface area (Å²) in [5.74, 6) is 1.68. The molecule has 0 saturated carbocycles. The number of alkyl halides is 3. The second-order valence-electron chi connectivity index (χ2n) is 9.08. The van der Waals surface area contributed by atoms with Crippen LogP contribution in [0.4, 0.5) is 18.9 Å². The van der Waals surface area contributed by atoms with Crippen LogP contribution in [0.2, 0.25) is 0 Å². The quantitative estimate of drug-likeness (QED) is 0.383. The maximum atomic E-state index is 13.2. The molecule has 1 atom stereocenters. The van der Waals surface area contributed by atoms with Gasteiger partial charge in [0.2, 0.25) is 5.91 Å². The number of aromatic nitrogens is 3. The molecule has 1 aliphatic heterocycles. The van der Waals surface area contributed by atoms with Crippen molar-refractivity contribution in [3.8, 4) is 17.1 Å². The number of carbonyl (C=O) groups is 1. The molecule has 0 N–H and O–H groups in total. The highest BCUT2D eigenvalue weighted by atomic mass is 19.4. The molecule has 1 saturated heterocycles. The average Bonchev–Trinajstić information content (AvgIpc) is 3.48. The minimum atomic E-state index is -4.46. The molecule has 37 heavy (non-hydrogen) atoms. The Labute approximate surface area is 211 Å². The number of piperazine rings is 1. The zero-order valence-corrected chi connectivity index (χ0v) is 20.6. The second kappa shape index (κ2) is 9.45. The van der Waals surface area contributed by atoms with Crippen LogP contribution in [0.3, 0.4) is 0 Å². The number of oxazole rings is 1. The normalized spacial score (nSPS) is 16.4. The van der Waals surface area contributed by atoms with Crippen molar-refractivity contribution in [2.75, 3.05) is 31.6 Å². The van der Waals surface area contributed by atoms with Crippen LogP contribution < -0.4 is 9.64 Å². The van der Waals surface area contributed by atoms with Crippen LogP contribution in [0.15, 0.2) is 53.3 Å². The summed E-state index contributed by atoms with van der Waals surface area (Å²) in [5, 5.41) is 0. The second-order valence-corrected chi connectivity index (χ2v) is 9.08. The fourth-order valence-corrected chi connectivity index (χ4v) is 4.72. The summed E-state index contributed by atoms with van der Waals surface area (Å²) in [6, 6.07) is 9.22. The van der Waals surface area contributed by atoms with Crippen LogP contribution in [-0.2, 0) is 17.5 Å². The van der Waals surface area contributed by atoms with Gasteiger partial charge in [-0.05, 0) is 37.3 Å². The maximum absolute atomic E-state index is 13.2. The number of nitrogens with zero attached hydrogens (tertiary/aromatic N) is 5. The number of hydrogen-bond donors (Lipinski definition) is 0. The first kappa shape index (κ1) is 24.7. The number of halogens is 3. The standard InChI is InChI=1S/C26H26F3N5O3/c1-16-13-32(25(35)14-33-15-31-21-7-4-18(10-22(21)33)26(27,28)29)8-9-34(16)19-5-6-20(23(11-19)36-3)24-12-30-17(2)37-24/h4-7,10-12,15-16H,8-9,13-14H2,1-3H3/t16-/m0/s1. The topological polar surface area (TPSA) is 76.6 Å². The summed E-state index contributed by atoms with van der Waals surface area (Å²) in [6.45, 7) is 5.28. The van der Waals surface area contributed by atoms with Gasteiger partial charge < -0.3 is 23.5 Å². The molecule has 0 aliphatic carbocycles. The summed E-state index contributed by atoms with van der Waals surface area (Å²) >= 11 is 0. The fraction of sp³-hybridized carbons (Fsp3) is 0.346. The van der Waals surface area contributed by atoms with Crippen molar-refractivity contribution in [1.82, 2.24) is 19.4 Å². The SMILES string of the molecule is COc1cc(N2CCN(C(=O)Cn3cnc4ccc(C(F)(F)F)cc43)C[C@@H]2C)ccc1-c1cnc(C)o1. The highest BCUT2D eigenvalue weighted by molar-refractivity contribution is 5.81. The van der Waals surface area contributed by atoms with Gasteiger partial charge in [0, 0.05) is 44.4 Å². The highest BCUT2D eigenvalue weighted by Gasteiger charge is 2.31. The average molecular weight is 514 g/mol.